The second-order valence-electron chi connectivity index (χ2n) is 5.85. The zero-order valence-corrected chi connectivity index (χ0v) is 13.3. The van der Waals surface area contributed by atoms with Gasteiger partial charge in [-0.1, -0.05) is 12.1 Å². The first-order chi connectivity index (χ1) is 12.1. The SMILES string of the molecule is CC1C(=O)N(c2ncccn2)c2ccc(-c3ccc(F)c(F)c3)cc21. The molecule has 0 saturated heterocycles. The predicted octanol–water partition coefficient (Wildman–Crippen LogP) is 4.20. The Kier molecular flexibility index (Phi) is 3.53. The molecule has 1 unspecified atom stereocenters. The summed E-state index contributed by atoms with van der Waals surface area (Å²) in [6.07, 6.45) is 3.15. The van der Waals surface area contributed by atoms with Crippen molar-refractivity contribution in [3.63, 3.8) is 0 Å². The molecule has 6 heteroatoms. The second-order valence-corrected chi connectivity index (χ2v) is 5.85. The number of nitrogens with zero attached hydrogens (tertiary/aromatic N) is 3. The van der Waals surface area contributed by atoms with E-state index in [1.807, 2.05) is 6.07 Å². The third-order valence-electron chi connectivity index (χ3n) is 4.33. The maximum Gasteiger partial charge on any atom is 0.241 e. The van der Waals surface area contributed by atoms with Gasteiger partial charge in [-0.2, -0.15) is 0 Å². The number of halogens is 2. The largest absolute Gasteiger partial charge is 0.273 e. The lowest BCUT2D eigenvalue weighted by Crippen LogP contribution is -2.24. The molecule has 3 aromatic rings. The fraction of sp³-hybridized carbons (Fsp3) is 0.105. The van der Waals surface area contributed by atoms with Gasteiger partial charge in [-0.15, -0.1) is 0 Å². The Labute approximate surface area is 142 Å². The third kappa shape index (κ3) is 2.46. The van der Waals surface area contributed by atoms with E-state index >= 15 is 0 Å². The molecule has 1 amide bonds. The molecule has 1 atom stereocenters. The highest BCUT2D eigenvalue weighted by Gasteiger charge is 2.36. The molecule has 0 N–H and O–H groups in total. The number of rotatable bonds is 2. The van der Waals surface area contributed by atoms with Gasteiger partial charge in [0.05, 0.1) is 11.6 Å². The van der Waals surface area contributed by atoms with Crippen molar-refractivity contribution in [2.24, 2.45) is 0 Å². The van der Waals surface area contributed by atoms with Gasteiger partial charge >= 0.3 is 0 Å². The van der Waals surface area contributed by atoms with E-state index in [1.165, 1.54) is 11.0 Å². The molecule has 0 spiro atoms. The van der Waals surface area contributed by atoms with Crippen LogP contribution in [0.2, 0.25) is 0 Å². The van der Waals surface area contributed by atoms with Crippen molar-refractivity contribution in [3.8, 4) is 11.1 Å². The van der Waals surface area contributed by atoms with Gasteiger partial charge in [-0.3, -0.25) is 4.79 Å². The lowest BCUT2D eigenvalue weighted by atomic mass is 9.97. The average Bonchev–Trinajstić information content (AvgIpc) is 2.89. The molecule has 2 aromatic carbocycles. The predicted molar refractivity (Wildman–Crippen MR) is 89.4 cm³/mol. The lowest BCUT2D eigenvalue weighted by molar-refractivity contribution is -0.118. The van der Waals surface area contributed by atoms with E-state index in [4.69, 9.17) is 0 Å². The van der Waals surface area contributed by atoms with Crippen molar-refractivity contribution in [1.82, 2.24) is 9.97 Å². The number of hydrogen-bond donors (Lipinski definition) is 0. The fourth-order valence-electron chi connectivity index (χ4n) is 3.02. The molecule has 2 heterocycles. The highest BCUT2D eigenvalue weighted by Crippen LogP contribution is 2.42. The van der Waals surface area contributed by atoms with Crippen LogP contribution in [0.1, 0.15) is 18.4 Å². The number of benzene rings is 2. The van der Waals surface area contributed by atoms with Gasteiger partial charge in [0, 0.05) is 12.4 Å². The Balaban J connectivity index is 1.81. The van der Waals surface area contributed by atoms with Crippen LogP contribution in [0.15, 0.2) is 54.9 Å². The summed E-state index contributed by atoms with van der Waals surface area (Å²) in [4.78, 5) is 22.4. The minimum absolute atomic E-state index is 0.122. The van der Waals surface area contributed by atoms with Crippen LogP contribution >= 0.6 is 0 Å². The molecule has 25 heavy (non-hydrogen) atoms. The Morgan fingerprint density at radius 1 is 0.960 bits per heavy atom. The van der Waals surface area contributed by atoms with Gasteiger partial charge in [-0.05, 0) is 53.9 Å². The summed E-state index contributed by atoms with van der Waals surface area (Å²) in [5, 5.41) is 0. The van der Waals surface area contributed by atoms with Gasteiger partial charge in [0.25, 0.3) is 0 Å². The summed E-state index contributed by atoms with van der Waals surface area (Å²) < 4.78 is 26.7. The number of carbonyl (C=O) groups excluding carboxylic acids is 1. The molecule has 0 saturated carbocycles. The molecular formula is C19H13F2N3O. The fourth-order valence-corrected chi connectivity index (χ4v) is 3.02. The van der Waals surface area contributed by atoms with Crippen LogP contribution in [0.5, 0.6) is 0 Å². The van der Waals surface area contributed by atoms with E-state index in [9.17, 15) is 13.6 Å². The smallest absolute Gasteiger partial charge is 0.241 e. The van der Waals surface area contributed by atoms with Crippen molar-refractivity contribution >= 4 is 17.5 Å². The molecule has 0 fully saturated rings. The van der Waals surface area contributed by atoms with Crippen LogP contribution in [0.25, 0.3) is 11.1 Å². The maximum atomic E-state index is 13.5. The number of anilines is 2. The number of fused-ring (bicyclic) bond motifs is 1. The molecule has 1 aromatic heterocycles. The first-order valence-corrected chi connectivity index (χ1v) is 7.76. The summed E-state index contributed by atoms with van der Waals surface area (Å²) in [5.41, 5.74) is 2.78. The first-order valence-electron chi connectivity index (χ1n) is 7.76. The molecule has 0 radical (unpaired) electrons. The lowest BCUT2D eigenvalue weighted by Gasteiger charge is -2.15. The first kappa shape index (κ1) is 15.4. The summed E-state index contributed by atoms with van der Waals surface area (Å²) in [6, 6.07) is 10.8. The van der Waals surface area contributed by atoms with E-state index < -0.39 is 11.6 Å². The van der Waals surface area contributed by atoms with Crippen LogP contribution in [-0.2, 0) is 4.79 Å². The monoisotopic (exact) mass is 337 g/mol. The van der Waals surface area contributed by atoms with Gasteiger partial charge in [0.1, 0.15) is 0 Å². The number of hydrogen-bond acceptors (Lipinski definition) is 3. The van der Waals surface area contributed by atoms with Crippen molar-refractivity contribution in [2.75, 3.05) is 4.90 Å². The molecule has 124 valence electrons. The minimum atomic E-state index is -0.901. The minimum Gasteiger partial charge on any atom is -0.273 e. The van der Waals surface area contributed by atoms with Gasteiger partial charge in [0.15, 0.2) is 11.6 Å². The van der Waals surface area contributed by atoms with Crippen molar-refractivity contribution in [3.05, 3.63) is 72.1 Å². The third-order valence-corrected chi connectivity index (χ3v) is 4.33. The van der Waals surface area contributed by atoms with E-state index in [0.717, 1.165) is 17.7 Å². The van der Waals surface area contributed by atoms with Crippen LogP contribution in [0.4, 0.5) is 20.4 Å². The molecular weight excluding hydrogens is 324 g/mol. The highest BCUT2D eigenvalue weighted by atomic mass is 19.2. The standard InChI is InChI=1S/C19H13F2N3O/c1-11-14-9-12(13-3-5-15(20)16(21)10-13)4-6-17(14)24(18(11)25)19-22-7-2-8-23-19/h2-11H,1H3. The van der Waals surface area contributed by atoms with Crippen molar-refractivity contribution in [1.29, 1.82) is 0 Å². The summed E-state index contributed by atoms with van der Waals surface area (Å²) >= 11 is 0. The molecule has 4 nitrogen and oxygen atoms in total. The molecule has 1 aliphatic heterocycles. The highest BCUT2D eigenvalue weighted by molar-refractivity contribution is 6.09. The van der Waals surface area contributed by atoms with Crippen molar-refractivity contribution < 1.29 is 13.6 Å². The average molecular weight is 337 g/mol. The van der Waals surface area contributed by atoms with E-state index in [0.29, 0.717) is 22.8 Å². The topological polar surface area (TPSA) is 46.1 Å². The Hall–Kier alpha value is -3.15. The van der Waals surface area contributed by atoms with Crippen LogP contribution in [0, 0.1) is 11.6 Å². The van der Waals surface area contributed by atoms with E-state index in [-0.39, 0.29) is 11.8 Å². The molecule has 0 bridgehead atoms. The second kappa shape index (κ2) is 5.73. The Bertz CT molecular complexity index is 976. The van der Waals surface area contributed by atoms with Crippen molar-refractivity contribution in [2.45, 2.75) is 12.8 Å². The summed E-state index contributed by atoms with van der Waals surface area (Å²) in [6.45, 7) is 1.80. The number of amides is 1. The van der Waals surface area contributed by atoms with Crippen LogP contribution in [-0.4, -0.2) is 15.9 Å². The molecule has 0 aliphatic carbocycles. The molecule has 4 rings (SSSR count). The zero-order chi connectivity index (χ0) is 17.6. The number of carbonyl (C=O) groups is 1. The maximum absolute atomic E-state index is 13.5. The summed E-state index contributed by atoms with van der Waals surface area (Å²) in [7, 11) is 0. The van der Waals surface area contributed by atoms with Crippen LogP contribution in [0.3, 0.4) is 0 Å². The zero-order valence-electron chi connectivity index (χ0n) is 13.3. The Morgan fingerprint density at radius 2 is 1.64 bits per heavy atom. The van der Waals surface area contributed by atoms with E-state index in [2.05, 4.69) is 9.97 Å². The van der Waals surface area contributed by atoms with Gasteiger partial charge in [0.2, 0.25) is 11.9 Å². The van der Waals surface area contributed by atoms with Gasteiger partial charge < -0.3 is 0 Å². The Morgan fingerprint density at radius 3 is 2.36 bits per heavy atom. The number of aromatic nitrogens is 2. The van der Waals surface area contributed by atoms with Crippen LogP contribution < -0.4 is 4.90 Å². The van der Waals surface area contributed by atoms with Gasteiger partial charge in [-0.25, -0.2) is 23.6 Å². The molecule has 1 aliphatic rings. The summed E-state index contributed by atoms with van der Waals surface area (Å²) in [5.74, 6) is -1.96. The van der Waals surface area contributed by atoms with E-state index in [1.54, 1.807) is 37.5 Å². The normalized spacial score (nSPS) is 16.2. The quantitative estimate of drug-likeness (QED) is 0.704.